The standard InChI is InChI=1S/C9H17NO2S/c1-2-3-4-5-10-7-13-6-8(10)9(11)12/h8H,2-7H2,1H3,(H,11,12). The van der Waals surface area contributed by atoms with E-state index in [4.69, 9.17) is 5.11 Å². The number of hydrogen-bond acceptors (Lipinski definition) is 3. The van der Waals surface area contributed by atoms with Crippen LogP contribution in [-0.2, 0) is 4.79 Å². The van der Waals surface area contributed by atoms with E-state index in [1.54, 1.807) is 11.8 Å². The third-order valence-corrected chi connectivity index (χ3v) is 3.37. The lowest BCUT2D eigenvalue weighted by Crippen LogP contribution is -2.38. The zero-order chi connectivity index (χ0) is 9.68. The number of thioether (sulfide) groups is 1. The van der Waals surface area contributed by atoms with Crippen molar-refractivity contribution in [1.82, 2.24) is 4.90 Å². The Kier molecular flexibility index (Phi) is 4.59. The van der Waals surface area contributed by atoms with Crippen LogP contribution in [0.4, 0.5) is 0 Å². The summed E-state index contributed by atoms with van der Waals surface area (Å²) in [6.07, 6.45) is 3.52. The summed E-state index contributed by atoms with van der Waals surface area (Å²) >= 11 is 1.72. The van der Waals surface area contributed by atoms with E-state index >= 15 is 0 Å². The topological polar surface area (TPSA) is 40.5 Å². The van der Waals surface area contributed by atoms with Crippen molar-refractivity contribution >= 4 is 17.7 Å². The van der Waals surface area contributed by atoms with Crippen molar-refractivity contribution in [2.75, 3.05) is 18.2 Å². The molecule has 0 aromatic heterocycles. The van der Waals surface area contributed by atoms with Crippen LogP contribution in [0.15, 0.2) is 0 Å². The summed E-state index contributed by atoms with van der Waals surface area (Å²) in [7, 11) is 0. The minimum absolute atomic E-state index is 0.234. The highest BCUT2D eigenvalue weighted by molar-refractivity contribution is 7.99. The van der Waals surface area contributed by atoms with Gasteiger partial charge in [0, 0.05) is 11.6 Å². The van der Waals surface area contributed by atoms with Crippen LogP contribution in [0.1, 0.15) is 26.2 Å². The molecular formula is C9H17NO2S. The van der Waals surface area contributed by atoms with Gasteiger partial charge in [-0.2, -0.15) is 0 Å². The van der Waals surface area contributed by atoms with Gasteiger partial charge in [0.15, 0.2) is 0 Å². The third kappa shape index (κ3) is 3.19. The van der Waals surface area contributed by atoms with Crippen molar-refractivity contribution in [2.24, 2.45) is 0 Å². The predicted octanol–water partition coefficient (Wildman–Crippen LogP) is 1.64. The summed E-state index contributed by atoms with van der Waals surface area (Å²) in [5, 5.41) is 8.89. The molecule has 0 saturated carbocycles. The molecule has 0 aliphatic carbocycles. The Morgan fingerprint density at radius 2 is 2.38 bits per heavy atom. The molecule has 4 heteroatoms. The number of nitrogens with zero attached hydrogens (tertiary/aromatic N) is 1. The summed E-state index contributed by atoms with van der Waals surface area (Å²) in [6, 6.07) is -0.234. The molecule has 0 spiro atoms. The first kappa shape index (κ1) is 10.9. The third-order valence-electron chi connectivity index (χ3n) is 2.31. The first-order valence-corrected chi connectivity index (χ1v) is 5.95. The number of hydrogen-bond donors (Lipinski definition) is 1. The van der Waals surface area contributed by atoms with Gasteiger partial charge >= 0.3 is 5.97 Å². The van der Waals surface area contributed by atoms with Crippen molar-refractivity contribution in [3.63, 3.8) is 0 Å². The fourth-order valence-electron chi connectivity index (χ4n) is 1.49. The van der Waals surface area contributed by atoms with Crippen molar-refractivity contribution in [3.05, 3.63) is 0 Å². The summed E-state index contributed by atoms with van der Waals surface area (Å²) in [5.74, 6) is 0.976. The molecule has 1 N–H and O–H groups in total. The Bertz CT molecular complexity index is 175. The average molecular weight is 203 g/mol. The average Bonchev–Trinajstić information content (AvgIpc) is 2.53. The van der Waals surface area contributed by atoms with Crippen LogP contribution in [0, 0.1) is 0 Å². The molecule has 0 radical (unpaired) electrons. The maximum atomic E-state index is 10.8. The Balaban J connectivity index is 2.27. The largest absolute Gasteiger partial charge is 0.480 e. The molecular weight excluding hydrogens is 186 g/mol. The molecule has 0 amide bonds. The van der Waals surface area contributed by atoms with Crippen molar-refractivity contribution < 1.29 is 9.90 Å². The first-order valence-electron chi connectivity index (χ1n) is 4.80. The van der Waals surface area contributed by atoms with Crippen molar-refractivity contribution in [3.8, 4) is 0 Å². The van der Waals surface area contributed by atoms with Crippen LogP contribution in [0.3, 0.4) is 0 Å². The van der Waals surface area contributed by atoms with Crippen LogP contribution < -0.4 is 0 Å². The van der Waals surface area contributed by atoms with Gasteiger partial charge < -0.3 is 5.11 Å². The SMILES string of the molecule is CCCCCN1CSCC1C(=O)O. The lowest BCUT2D eigenvalue weighted by atomic mass is 10.2. The van der Waals surface area contributed by atoms with E-state index in [1.165, 1.54) is 12.8 Å². The normalized spacial score (nSPS) is 23.6. The van der Waals surface area contributed by atoms with E-state index in [9.17, 15) is 4.79 Å². The maximum Gasteiger partial charge on any atom is 0.321 e. The molecule has 1 rings (SSSR count). The molecule has 1 aliphatic rings. The summed E-state index contributed by atoms with van der Waals surface area (Å²) in [6.45, 7) is 3.10. The predicted molar refractivity (Wildman–Crippen MR) is 55.0 cm³/mol. The van der Waals surface area contributed by atoms with Gasteiger partial charge in [-0.15, -0.1) is 11.8 Å². The number of carboxylic acid groups (broad SMARTS) is 1. The minimum Gasteiger partial charge on any atom is -0.480 e. The molecule has 3 nitrogen and oxygen atoms in total. The van der Waals surface area contributed by atoms with E-state index < -0.39 is 5.97 Å². The molecule has 0 aromatic rings. The molecule has 1 atom stereocenters. The van der Waals surface area contributed by atoms with E-state index in [-0.39, 0.29) is 6.04 Å². The zero-order valence-electron chi connectivity index (χ0n) is 8.03. The van der Waals surface area contributed by atoms with Gasteiger partial charge in [0.25, 0.3) is 0 Å². The molecule has 0 aromatic carbocycles. The summed E-state index contributed by atoms with van der Waals surface area (Å²) in [4.78, 5) is 12.9. The molecule has 13 heavy (non-hydrogen) atoms. The quantitative estimate of drug-likeness (QED) is 0.690. The second kappa shape index (κ2) is 5.50. The highest BCUT2D eigenvalue weighted by Gasteiger charge is 2.30. The van der Waals surface area contributed by atoms with E-state index in [0.717, 1.165) is 24.6 Å². The van der Waals surface area contributed by atoms with Gasteiger partial charge in [0.1, 0.15) is 6.04 Å². The second-order valence-corrected chi connectivity index (χ2v) is 4.37. The lowest BCUT2D eigenvalue weighted by Gasteiger charge is -2.19. The fourth-order valence-corrected chi connectivity index (χ4v) is 2.72. The zero-order valence-corrected chi connectivity index (χ0v) is 8.85. The van der Waals surface area contributed by atoms with Crippen molar-refractivity contribution in [1.29, 1.82) is 0 Å². The summed E-state index contributed by atoms with van der Waals surface area (Å²) < 4.78 is 0. The molecule has 1 unspecified atom stereocenters. The molecule has 1 aliphatic heterocycles. The Morgan fingerprint density at radius 1 is 1.62 bits per heavy atom. The number of unbranched alkanes of at least 4 members (excludes halogenated alkanes) is 2. The van der Waals surface area contributed by atoms with Crippen LogP contribution in [0.25, 0.3) is 0 Å². The Labute approximate surface area is 83.5 Å². The van der Waals surface area contributed by atoms with Gasteiger partial charge in [-0.25, -0.2) is 0 Å². The number of carbonyl (C=O) groups is 1. The molecule has 1 saturated heterocycles. The molecule has 1 fully saturated rings. The monoisotopic (exact) mass is 203 g/mol. The maximum absolute atomic E-state index is 10.8. The Morgan fingerprint density at radius 3 is 3.00 bits per heavy atom. The fraction of sp³-hybridized carbons (Fsp3) is 0.889. The number of rotatable bonds is 5. The van der Waals surface area contributed by atoms with Gasteiger partial charge in [-0.1, -0.05) is 19.8 Å². The first-order chi connectivity index (χ1) is 6.25. The number of aliphatic carboxylic acids is 1. The molecule has 0 bridgehead atoms. The lowest BCUT2D eigenvalue weighted by molar-refractivity contribution is -0.141. The second-order valence-electron chi connectivity index (χ2n) is 3.37. The molecule has 1 heterocycles. The van der Waals surface area contributed by atoms with Gasteiger partial charge in [-0.3, -0.25) is 9.69 Å². The smallest absolute Gasteiger partial charge is 0.321 e. The van der Waals surface area contributed by atoms with Gasteiger partial charge in [0.05, 0.1) is 0 Å². The van der Waals surface area contributed by atoms with Crippen LogP contribution in [-0.4, -0.2) is 40.2 Å². The number of carboxylic acids is 1. The van der Waals surface area contributed by atoms with Crippen LogP contribution >= 0.6 is 11.8 Å². The van der Waals surface area contributed by atoms with Gasteiger partial charge in [0.2, 0.25) is 0 Å². The highest BCUT2D eigenvalue weighted by Crippen LogP contribution is 2.21. The van der Waals surface area contributed by atoms with Crippen LogP contribution in [0.5, 0.6) is 0 Å². The van der Waals surface area contributed by atoms with Crippen LogP contribution in [0.2, 0.25) is 0 Å². The van der Waals surface area contributed by atoms with E-state index in [2.05, 4.69) is 11.8 Å². The minimum atomic E-state index is -0.665. The summed E-state index contributed by atoms with van der Waals surface area (Å²) in [5.41, 5.74) is 0. The Hall–Kier alpha value is -0.220. The van der Waals surface area contributed by atoms with E-state index in [1.807, 2.05) is 0 Å². The van der Waals surface area contributed by atoms with Gasteiger partial charge in [-0.05, 0) is 13.0 Å². The van der Waals surface area contributed by atoms with E-state index in [0.29, 0.717) is 0 Å². The molecule has 76 valence electrons. The van der Waals surface area contributed by atoms with Crippen molar-refractivity contribution in [2.45, 2.75) is 32.2 Å². The highest BCUT2D eigenvalue weighted by atomic mass is 32.2.